The third-order valence-corrected chi connectivity index (χ3v) is 6.04. The van der Waals surface area contributed by atoms with Crippen LogP contribution in [-0.4, -0.2) is 33.3 Å². The number of carboxylic acid groups (broad SMARTS) is 2. The van der Waals surface area contributed by atoms with Gasteiger partial charge in [0.2, 0.25) is 5.43 Å². The molecule has 2 heterocycles. The van der Waals surface area contributed by atoms with Crippen LogP contribution in [0.25, 0.3) is 22.0 Å². The number of hydrogen-bond acceptors (Lipinski definition) is 5. The summed E-state index contributed by atoms with van der Waals surface area (Å²) in [5.41, 5.74) is 2.49. The second-order valence-electron chi connectivity index (χ2n) is 8.57. The Morgan fingerprint density at radius 2 is 1.86 bits per heavy atom. The summed E-state index contributed by atoms with van der Waals surface area (Å²) in [7, 11) is 0. The van der Waals surface area contributed by atoms with Crippen LogP contribution in [0, 0.1) is 0 Å². The van der Waals surface area contributed by atoms with E-state index in [0.29, 0.717) is 17.7 Å². The molecule has 0 bridgehead atoms. The van der Waals surface area contributed by atoms with Crippen molar-refractivity contribution in [1.82, 2.24) is 9.88 Å². The SMILES string of the molecule is CC(=O)O.C[C@H]1NCc2cc(-c3ccc4c(=O)c(C(=O)O)cn(C5CC5)c4c3OC(F)F)ccc21. The Kier molecular flexibility index (Phi) is 6.58. The van der Waals surface area contributed by atoms with E-state index in [1.54, 1.807) is 10.6 Å². The predicted octanol–water partition coefficient (Wildman–Crippen LogP) is 4.56. The number of nitrogens with zero attached hydrogens (tertiary/aromatic N) is 1. The Hall–Kier alpha value is -3.79. The third kappa shape index (κ3) is 4.88. The van der Waals surface area contributed by atoms with Crippen LogP contribution in [0.1, 0.15) is 60.3 Å². The van der Waals surface area contributed by atoms with Crippen LogP contribution in [0.4, 0.5) is 8.78 Å². The van der Waals surface area contributed by atoms with E-state index < -0.39 is 24.0 Å². The van der Waals surface area contributed by atoms with Crippen LogP contribution in [-0.2, 0) is 11.3 Å². The number of aromatic carboxylic acids is 1. The summed E-state index contributed by atoms with van der Waals surface area (Å²) >= 11 is 0. The van der Waals surface area contributed by atoms with Crippen LogP contribution in [0.2, 0.25) is 0 Å². The fourth-order valence-corrected chi connectivity index (χ4v) is 4.37. The van der Waals surface area contributed by atoms with Crippen molar-refractivity contribution < 1.29 is 33.3 Å². The van der Waals surface area contributed by atoms with Crippen LogP contribution < -0.4 is 15.5 Å². The zero-order valence-electron chi connectivity index (χ0n) is 19.0. The highest BCUT2D eigenvalue weighted by atomic mass is 19.3. The van der Waals surface area contributed by atoms with Crippen molar-refractivity contribution in [2.45, 2.75) is 51.9 Å². The average Bonchev–Trinajstić information content (AvgIpc) is 3.56. The predicted molar refractivity (Wildman–Crippen MR) is 124 cm³/mol. The third-order valence-electron chi connectivity index (χ3n) is 6.04. The molecule has 1 saturated carbocycles. The molecule has 1 aromatic heterocycles. The van der Waals surface area contributed by atoms with E-state index >= 15 is 0 Å². The number of aliphatic carboxylic acids is 1. The van der Waals surface area contributed by atoms with E-state index in [-0.39, 0.29) is 34.3 Å². The highest BCUT2D eigenvalue weighted by Crippen LogP contribution is 2.43. The van der Waals surface area contributed by atoms with Gasteiger partial charge in [-0.2, -0.15) is 8.78 Å². The van der Waals surface area contributed by atoms with E-state index in [1.807, 2.05) is 18.2 Å². The molecular weight excluding hydrogens is 462 g/mol. The first kappa shape index (κ1) is 24.3. The summed E-state index contributed by atoms with van der Waals surface area (Å²) < 4.78 is 33.5. The molecule has 3 aromatic rings. The first-order valence-corrected chi connectivity index (χ1v) is 11.0. The summed E-state index contributed by atoms with van der Waals surface area (Å²) in [5.74, 6) is -2.28. The molecule has 0 saturated heterocycles. The molecule has 1 aliphatic carbocycles. The number of ether oxygens (including phenoxy) is 1. The molecule has 8 nitrogen and oxygen atoms in total. The number of benzene rings is 2. The van der Waals surface area contributed by atoms with Gasteiger partial charge in [0.1, 0.15) is 5.56 Å². The Bertz CT molecular complexity index is 1380. The van der Waals surface area contributed by atoms with Gasteiger partial charge in [0.05, 0.1) is 10.9 Å². The monoisotopic (exact) mass is 486 g/mol. The van der Waals surface area contributed by atoms with Gasteiger partial charge in [0.25, 0.3) is 5.97 Å². The smallest absolute Gasteiger partial charge is 0.387 e. The van der Waals surface area contributed by atoms with Gasteiger partial charge in [-0.25, -0.2) is 4.79 Å². The molecule has 1 atom stereocenters. The minimum absolute atomic E-state index is 0.0541. The Morgan fingerprint density at radius 3 is 2.46 bits per heavy atom. The number of aromatic nitrogens is 1. The second kappa shape index (κ2) is 9.46. The molecule has 5 rings (SSSR count). The number of rotatable bonds is 5. The standard InChI is InChI=1S/C23H20F2N2O4.C2H4O2/c1-11-15-5-2-12(8-13(15)9-26-11)16-6-7-17-19(21(16)31-23(24)25)27(14-3-4-14)10-18(20(17)28)22(29)30;1-2(3)4/h2,5-8,10-11,14,23,26H,3-4,9H2,1H3,(H,29,30);1H3,(H,3,4)/t11-;/m1./s1. The molecule has 2 aliphatic rings. The number of hydrogen-bond donors (Lipinski definition) is 3. The van der Waals surface area contributed by atoms with Crippen LogP contribution in [0.5, 0.6) is 5.75 Å². The number of carboxylic acids is 2. The van der Waals surface area contributed by atoms with E-state index in [9.17, 15) is 23.5 Å². The van der Waals surface area contributed by atoms with Crippen LogP contribution >= 0.6 is 0 Å². The van der Waals surface area contributed by atoms with Gasteiger partial charge in [-0.05, 0) is 54.7 Å². The summed E-state index contributed by atoms with van der Waals surface area (Å²) in [6.45, 7) is 0.723. The largest absolute Gasteiger partial charge is 0.481 e. The minimum atomic E-state index is -3.10. The number of halogens is 2. The number of fused-ring (bicyclic) bond motifs is 2. The molecular formula is C25H24F2N2O6. The molecule has 0 unspecified atom stereocenters. The van der Waals surface area contributed by atoms with Gasteiger partial charge < -0.3 is 24.8 Å². The lowest BCUT2D eigenvalue weighted by molar-refractivity contribution is -0.134. The molecule has 184 valence electrons. The van der Waals surface area contributed by atoms with Crippen molar-refractivity contribution in [2.75, 3.05) is 0 Å². The molecule has 10 heteroatoms. The zero-order chi connectivity index (χ0) is 25.4. The van der Waals surface area contributed by atoms with E-state index in [0.717, 1.165) is 30.9 Å². The lowest BCUT2D eigenvalue weighted by atomic mass is 9.96. The fraction of sp³-hybridized carbons (Fsp3) is 0.320. The van der Waals surface area contributed by atoms with Crippen molar-refractivity contribution in [2.24, 2.45) is 0 Å². The lowest BCUT2D eigenvalue weighted by Gasteiger charge is -2.19. The molecule has 3 N–H and O–H groups in total. The maximum absolute atomic E-state index is 13.5. The topological polar surface area (TPSA) is 118 Å². The lowest BCUT2D eigenvalue weighted by Crippen LogP contribution is -2.19. The highest BCUT2D eigenvalue weighted by Gasteiger charge is 2.30. The Balaban J connectivity index is 0.000000672. The summed E-state index contributed by atoms with van der Waals surface area (Å²) in [6.07, 6.45) is 2.80. The van der Waals surface area contributed by atoms with Crippen molar-refractivity contribution in [3.05, 3.63) is 63.4 Å². The molecule has 2 aromatic carbocycles. The Morgan fingerprint density at radius 1 is 1.17 bits per heavy atom. The van der Waals surface area contributed by atoms with Gasteiger partial charge in [-0.1, -0.05) is 12.1 Å². The number of carbonyl (C=O) groups is 2. The molecule has 0 amide bonds. The molecule has 1 aliphatic heterocycles. The maximum Gasteiger partial charge on any atom is 0.387 e. The molecule has 0 radical (unpaired) electrons. The van der Waals surface area contributed by atoms with Gasteiger partial charge in [-0.3, -0.25) is 9.59 Å². The van der Waals surface area contributed by atoms with Crippen molar-refractivity contribution in [3.8, 4) is 16.9 Å². The van der Waals surface area contributed by atoms with E-state index in [2.05, 4.69) is 12.2 Å². The van der Waals surface area contributed by atoms with Crippen molar-refractivity contribution in [1.29, 1.82) is 0 Å². The van der Waals surface area contributed by atoms with Crippen molar-refractivity contribution >= 4 is 22.8 Å². The van der Waals surface area contributed by atoms with Gasteiger partial charge >= 0.3 is 12.6 Å². The quantitative estimate of drug-likeness (QED) is 0.484. The first-order chi connectivity index (χ1) is 16.6. The summed E-state index contributed by atoms with van der Waals surface area (Å²) in [4.78, 5) is 33.4. The molecule has 1 fully saturated rings. The minimum Gasteiger partial charge on any atom is -0.481 e. The Labute approximate surface area is 198 Å². The summed E-state index contributed by atoms with van der Waals surface area (Å²) in [6, 6.07) is 8.98. The van der Waals surface area contributed by atoms with Crippen LogP contribution in [0.15, 0.2) is 41.3 Å². The number of alkyl halides is 2. The average molecular weight is 486 g/mol. The second-order valence-corrected chi connectivity index (χ2v) is 8.57. The van der Waals surface area contributed by atoms with Gasteiger partial charge in [0.15, 0.2) is 5.75 Å². The van der Waals surface area contributed by atoms with E-state index in [1.165, 1.54) is 12.3 Å². The number of pyridine rings is 1. The number of nitrogens with one attached hydrogen (secondary N) is 1. The van der Waals surface area contributed by atoms with Gasteiger partial charge in [0, 0.05) is 37.3 Å². The maximum atomic E-state index is 13.5. The van der Waals surface area contributed by atoms with Crippen molar-refractivity contribution in [3.63, 3.8) is 0 Å². The summed E-state index contributed by atoms with van der Waals surface area (Å²) in [5, 5.41) is 20.3. The fourth-order valence-electron chi connectivity index (χ4n) is 4.37. The van der Waals surface area contributed by atoms with Crippen LogP contribution in [0.3, 0.4) is 0 Å². The normalized spacial score (nSPS) is 16.5. The first-order valence-electron chi connectivity index (χ1n) is 11.0. The van der Waals surface area contributed by atoms with Gasteiger partial charge in [-0.15, -0.1) is 0 Å². The molecule has 0 spiro atoms. The zero-order valence-corrected chi connectivity index (χ0v) is 19.0. The van der Waals surface area contributed by atoms with E-state index in [4.69, 9.17) is 14.6 Å². The molecule has 35 heavy (non-hydrogen) atoms. The highest BCUT2D eigenvalue weighted by molar-refractivity contribution is 5.97.